The Bertz CT molecular complexity index is 1290. The Hall–Kier alpha value is -4.28. The number of nitrogens with zero attached hydrogens (tertiary/aromatic N) is 3. The van der Waals surface area contributed by atoms with Crippen LogP contribution in [0.4, 0.5) is 5.82 Å². The van der Waals surface area contributed by atoms with Gasteiger partial charge in [-0.1, -0.05) is 72.8 Å². The third kappa shape index (κ3) is 7.40. The lowest BCUT2D eigenvalue weighted by molar-refractivity contribution is -0.132. The second kappa shape index (κ2) is 12.5. The Labute approximate surface area is 227 Å². The zero-order chi connectivity index (χ0) is 27.8. The molecule has 0 aliphatic carbocycles. The first-order chi connectivity index (χ1) is 18.7. The maximum absolute atomic E-state index is 13.4. The molecule has 39 heavy (non-hydrogen) atoms. The summed E-state index contributed by atoms with van der Waals surface area (Å²) in [7, 11) is 0. The topological polar surface area (TPSA) is 132 Å². The van der Waals surface area contributed by atoms with Crippen LogP contribution in [0.3, 0.4) is 0 Å². The van der Waals surface area contributed by atoms with Crippen LogP contribution in [0.5, 0.6) is 0 Å². The molecular weight excluding hydrogens is 496 g/mol. The fourth-order valence-corrected chi connectivity index (χ4v) is 4.06. The molecule has 10 nitrogen and oxygen atoms in total. The monoisotopic (exact) mass is 530 g/mol. The molecule has 4 rings (SSSR count). The summed E-state index contributed by atoms with van der Waals surface area (Å²) in [6.07, 6.45) is 7.03. The summed E-state index contributed by atoms with van der Waals surface area (Å²) in [6, 6.07) is 17.2. The normalized spacial score (nSPS) is 14.6. The number of nitrogens with one attached hydrogen (secondary N) is 2. The van der Waals surface area contributed by atoms with Gasteiger partial charge in [-0.25, -0.2) is 4.98 Å². The minimum atomic E-state index is -1.19. The average molecular weight is 531 g/mol. The second-order valence-electron chi connectivity index (χ2n) is 9.97. The van der Waals surface area contributed by atoms with Gasteiger partial charge in [0.05, 0.1) is 25.1 Å². The molecule has 204 valence electrons. The van der Waals surface area contributed by atoms with Gasteiger partial charge in [-0.3, -0.25) is 14.4 Å². The second-order valence-corrected chi connectivity index (χ2v) is 9.97. The molecule has 2 heterocycles. The third-order valence-electron chi connectivity index (χ3n) is 6.23. The van der Waals surface area contributed by atoms with E-state index in [0.29, 0.717) is 13.1 Å². The van der Waals surface area contributed by atoms with Crippen LogP contribution in [0, 0.1) is 0 Å². The number of carbonyl (C=O) groups excluding carboxylic acids is 3. The molecule has 0 spiro atoms. The third-order valence-corrected chi connectivity index (χ3v) is 6.23. The first-order valence-corrected chi connectivity index (χ1v) is 12.8. The lowest BCUT2D eigenvalue weighted by atomic mass is 10.1. The van der Waals surface area contributed by atoms with Gasteiger partial charge in [0.15, 0.2) is 5.82 Å². The van der Waals surface area contributed by atoms with Crippen LogP contribution in [0.1, 0.15) is 31.0 Å². The molecule has 10 heteroatoms. The number of aromatic nitrogens is 2. The van der Waals surface area contributed by atoms with Crippen molar-refractivity contribution >= 4 is 23.5 Å². The van der Waals surface area contributed by atoms with Crippen molar-refractivity contribution in [2.24, 2.45) is 5.73 Å². The van der Waals surface area contributed by atoms with Crippen molar-refractivity contribution in [1.82, 2.24) is 19.8 Å². The predicted octanol–water partition coefficient (Wildman–Crippen LogP) is 2.25. The molecular formula is C29H34N6O4. The molecule has 3 aromatic rings. The van der Waals surface area contributed by atoms with Crippen LogP contribution in [-0.2, 0) is 25.7 Å². The zero-order valence-corrected chi connectivity index (χ0v) is 22.1. The minimum Gasteiger partial charge on any atom is -0.374 e. The first kappa shape index (κ1) is 27.7. The largest absolute Gasteiger partial charge is 0.374 e. The van der Waals surface area contributed by atoms with Gasteiger partial charge in [0.1, 0.15) is 12.1 Å². The lowest BCUT2D eigenvalue weighted by Gasteiger charge is -2.24. The van der Waals surface area contributed by atoms with Crippen molar-refractivity contribution in [2.75, 3.05) is 25.0 Å². The summed E-state index contributed by atoms with van der Waals surface area (Å²) < 4.78 is 7.42. The van der Waals surface area contributed by atoms with E-state index in [1.54, 1.807) is 29.5 Å². The van der Waals surface area contributed by atoms with Gasteiger partial charge in [-0.05, 0) is 25.0 Å². The molecule has 0 saturated carbocycles. The van der Waals surface area contributed by atoms with Crippen molar-refractivity contribution in [2.45, 2.75) is 38.1 Å². The molecule has 4 N–H and O–H groups in total. The summed E-state index contributed by atoms with van der Waals surface area (Å²) in [4.78, 5) is 45.3. The van der Waals surface area contributed by atoms with Crippen LogP contribution in [0.2, 0.25) is 0 Å². The Kier molecular flexibility index (Phi) is 8.90. The van der Waals surface area contributed by atoms with E-state index in [2.05, 4.69) is 15.6 Å². The molecule has 1 unspecified atom stereocenters. The van der Waals surface area contributed by atoms with Crippen LogP contribution in [0.25, 0.3) is 0 Å². The number of anilines is 1. The van der Waals surface area contributed by atoms with Gasteiger partial charge in [-0.15, -0.1) is 0 Å². The van der Waals surface area contributed by atoms with Crippen LogP contribution in [0.15, 0.2) is 85.3 Å². The predicted molar refractivity (Wildman–Crippen MR) is 147 cm³/mol. The maximum Gasteiger partial charge on any atom is 0.250 e. The number of ether oxygens (including phenoxy) is 1. The fraction of sp³-hybridized carbons (Fsp3) is 0.310. The molecule has 0 radical (unpaired) electrons. The number of hydrogen-bond acceptors (Lipinski definition) is 6. The van der Waals surface area contributed by atoms with E-state index in [9.17, 15) is 14.4 Å². The number of rotatable bonds is 11. The van der Waals surface area contributed by atoms with Gasteiger partial charge in [0, 0.05) is 19.3 Å². The lowest BCUT2D eigenvalue weighted by Crippen LogP contribution is -2.56. The Balaban J connectivity index is 1.48. The molecule has 1 aromatic heterocycles. The molecule has 1 aliphatic heterocycles. The number of imidazole rings is 1. The standard InChI is InChI=1S/C29H34N6O4/c1-29(2,30)28(38)32-23(19-39-18-21-11-5-3-6-12-21)26(36)33-24-17-35(20-31-24)25(22-13-7-4-8-14-22)27(37)34-15-9-10-16-34/h3-14,17,20,23,25H,15-16,18-19,30H2,1-2H3,(H,32,38)(H,33,36)/t23-,25?/m1/s1. The van der Waals surface area contributed by atoms with Gasteiger partial charge >= 0.3 is 0 Å². The highest BCUT2D eigenvalue weighted by Crippen LogP contribution is 2.23. The zero-order valence-electron chi connectivity index (χ0n) is 22.1. The van der Waals surface area contributed by atoms with Crippen LogP contribution in [-0.4, -0.2) is 63.4 Å². The highest BCUT2D eigenvalue weighted by atomic mass is 16.5. The van der Waals surface area contributed by atoms with E-state index < -0.39 is 29.4 Å². The number of amides is 3. The molecule has 0 saturated heterocycles. The summed E-state index contributed by atoms with van der Waals surface area (Å²) in [6.45, 7) is 4.40. The summed E-state index contributed by atoms with van der Waals surface area (Å²) in [5.41, 5.74) is 6.48. The highest BCUT2D eigenvalue weighted by Gasteiger charge is 2.30. The first-order valence-electron chi connectivity index (χ1n) is 12.8. The van der Waals surface area contributed by atoms with Gasteiger partial charge in [0.25, 0.3) is 11.8 Å². The quantitative estimate of drug-likeness (QED) is 0.326. The summed E-state index contributed by atoms with van der Waals surface area (Å²) in [5, 5.41) is 5.41. The number of carbonyl (C=O) groups is 3. The number of nitrogens with two attached hydrogens (primary N) is 1. The SMILES string of the molecule is CC(C)(N)C(=O)N[C@H](COCc1ccccc1)C(=O)Nc1cn(C(C(=O)N2CC=CC2)c2ccccc2)cn1. The molecule has 3 amide bonds. The molecule has 0 fully saturated rings. The van der Waals surface area contributed by atoms with Crippen LogP contribution < -0.4 is 16.4 Å². The summed E-state index contributed by atoms with van der Waals surface area (Å²) in [5.74, 6) is -0.851. The van der Waals surface area contributed by atoms with Crippen molar-refractivity contribution in [3.8, 4) is 0 Å². The van der Waals surface area contributed by atoms with E-state index >= 15 is 0 Å². The van der Waals surface area contributed by atoms with Crippen LogP contribution >= 0.6 is 0 Å². The summed E-state index contributed by atoms with van der Waals surface area (Å²) >= 11 is 0. The fourth-order valence-electron chi connectivity index (χ4n) is 4.06. The van der Waals surface area contributed by atoms with E-state index in [1.807, 2.05) is 72.8 Å². The molecule has 0 bridgehead atoms. The molecule has 2 aromatic carbocycles. The average Bonchev–Trinajstić information content (AvgIpc) is 3.62. The van der Waals surface area contributed by atoms with Crippen molar-refractivity contribution in [1.29, 1.82) is 0 Å². The highest BCUT2D eigenvalue weighted by molar-refractivity contribution is 5.98. The Morgan fingerprint density at radius 3 is 2.31 bits per heavy atom. The molecule has 2 atom stereocenters. The maximum atomic E-state index is 13.4. The van der Waals surface area contributed by atoms with Crippen molar-refractivity contribution in [3.63, 3.8) is 0 Å². The van der Waals surface area contributed by atoms with Gasteiger partial charge in [-0.2, -0.15) is 0 Å². The molecule has 1 aliphatic rings. The van der Waals surface area contributed by atoms with Crippen molar-refractivity contribution < 1.29 is 19.1 Å². The van der Waals surface area contributed by atoms with E-state index in [4.69, 9.17) is 10.5 Å². The smallest absolute Gasteiger partial charge is 0.250 e. The van der Waals surface area contributed by atoms with E-state index in [-0.39, 0.29) is 24.9 Å². The van der Waals surface area contributed by atoms with Gasteiger partial charge in [0.2, 0.25) is 5.91 Å². The number of benzene rings is 2. The minimum absolute atomic E-state index is 0.0731. The van der Waals surface area contributed by atoms with E-state index in [1.165, 1.54) is 6.33 Å². The van der Waals surface area contributed by atoms with E-state index in [0.717, 1.165) is 11.1 Å². The van der Waals surface area contributed by atoms with Crippen molar-refractivity contribution in [3.05, 3.63) is 96.5 Å². The number of hydrogen-bond donors (Lipinski definition) is 3. The Morgan fingerprint density at radius 2 is 1.67 bits per heavy atom. The Morgan fingerprint density at radius 1 is 1.03 bits per heavy atom. The van der Waals surface area contributed by atoms with Gasteiger partial charge < -0.3 is 30.6 Å².